The number of aromatic nitrogens is 2. The summed E-state index contributed by atoms with van der Waals surface area (Å²) in [6.45, 7) is 6.95. The molecule has 0 bridgehead atoms. The van der Waals surface area contributed by atoms with Crippen LogP contribution in [0.4, 0.5) is 0 Å². The molecule has 17 heavy (non-hydrogen) atoms. The van der Waals surface area contributed by atoms with Crippen molar-refractivity contribution in [2.45, 2.75) is 33.4 Å². The number of likely N-dealkylation sites (N-methyl/N-ethyl adjacent to an activating group) is 1. The zero-order valence-electron chi connectivity index (χ0n) is 10.9. The van der Waals surface area contributed by atoms with Gasteiger partial charge in [0.15, 0.2) is 0 Å². The van der Waals surface area contributed by atoms with E-state index in [0.717, 1.165) is 31.7 Å². The van der Waals surface area contributed by atoms with Gasteiger partial charge >= 0.3 is 0 Å². The van der Waals surface area contributed by atoms with Crippen LogP contribution in [0.25, 0.3) is 0 Å². The normalized spacial score (nSPS) is 10.5. The smallest absolute Gasteiger partial charge is 0.242 e. The van der Waals surface area contributed by atoms with Gasteiger partial charge in [-0.2, -0.15) is 0 Å². The van der Waals surface area contributed by atoms with E-state index in [2.05, 4.69) is 17.2 Å². The van der Waals surface area contributed by atoms with E-state index >= 15 is 0 Å². The number of imidazole rings is 1. The molecule has 1 heterocycles. The molecule has 0 unspecified atom stereocenters. The second kappa shape index (κ2) is 7.06. The molecule has 5 heteroatoms. The van der Waals surface area contributed by atoms with E-state index in [-0.39, 0.29) is 5.91 Å². The molecular formula is C12H22N4O. The summed E-state index contributed by atoms with van der Waals surface area (Å²) in [7, 11) is 1.81. The van der Waals surface area contributed by atoms with Crippen LogP contribution < -0.4 is 5.32 Å². The summed E-state index contributed by atoms with van der Waals surface area (Å²) in [4.78, 5) is 17.6. The molecule has 0 aliphatic carbocycles. The SMILES string of the molecule is CCCNCc1cn(CC(=O)N(C)CC)cn1. The van der Waals surface area contributed by atoms with Crippen molar-refractivity contribution < 1.29 is 4.79 Å². The second-order valence-electron chi connectivity index (χ2n) is 4.12. The molecule has 1 aromatic rings. The van der Waals surface area contributed by atoms with Crippen molar-refractivity contribution in [2.75, 3.05) is 20.1 Å². The lowest BCUT2D eigenvalue weighted by Gasteiger charge is -2.14. The average Bonchev–Trinajstić information content (AvgIpc) is 2.76. The predicted molar refractivity (Wildman–Crippen MR) is 67.5 cm³/mol. The molecule has 0 fully saturated rings. The molecule has 0 spiro atoms. The zero-order valence-corrected chi connectivity index (χ0v) is 10.9. The monoisotopic (exact) mass is 238 g/mol. The highest BCUT2D eigenvalue weighted by Crippen LogP contribution is 1.97. The Morgan fingerprint density at radius 3 is 2.94 bits per heavy atom. The van der Waals surface area contributed by atoms with E-state index in [1.54, 1.807) is 11.2 Å². The Kier molecular flexibility index (Phi) is 5.69. The van der Waals surface area contributed by atoms with E-state index in [1.807, 2.05) is 24.7 Å². The summed E-state index contributed by atoms with van der Waals surface area (Å²) in [5.41, 5.74) is 0.977. The van der Waals surface area contributed by atoms with Crippen LogP contribution in [0.1, 0.15) is 26.0 Å². The molecule has 0 aromatic carbocycles. The average molecular weight is 238 g/mol. The lowest BCUT2D eigenvalue weighted by molar-refractivity contribution is -0.130. The zero-order chi connectivity index (χ0) is 12.7. The standard InChI is InChI=1S/C12H22N4O/c1-4-6-13-7-11-8-16(10-14-11)9-12(17)15(3)5-2/h8,10,13H,4-7,9H2,1-3H3. The van der Waals surface area contributed by atoms with Gasteiger partial charge in [0.2, 0.25) is 5.91 Å². The van der Waals surface area contributed by atoms with Gasteiger partial charge in [0.05, 0.1) is 12.0 Å². The minimum Gasteiger partial charge on any atom is -0.344 e. The molecular weight excluding hydrogens is 216 g/mol. The topological polar surface area (TPSA) is 50.2 Å². The number of amides is 1. The molecule has 0 saturated heterocycles. The third kappa shape index (κ3) is 4.56. The van der Waals surface area contributed by atoms with E-state index < -0.39 is 0 Å². The predicted octanol–water partition coefficient (Wildman–Crippen LogP) is 0.861. The Hall–Kier alpha value is -1.36. The van der Waals surface area contributed by atoms with Crippen molar-refractivity contribution in [2.24, 2.45) is 0 Å². The van der Waals surface area contributed by atoms with Crippen molar-refractivity contribution in [3.05, 3.63) is 18.2 Å². The molecule has 5 nitrogen and oxygen atoms in total. The Labute approximate surface area is 103 Å². The maximum Gasteiger partial charge on any atom is 0.242 e. The van der Waals surface area contributed by atoms with Crippen LogP contribution >= 0.6 is 0 Å². The van der Waals surface area contributed by atoms with Crippen molar-refractivity contribution in [3.63, 3.8) is 0 Å². The van der Waals surface area contributed by atoms with Crippen LogP contribution in [0, 0.1) is 0 Å². The van der Waals surface area contributed by atoms with Crippen LogP contribution in [-0.2, 0) is 17.9 Å². The lowest BCUT2D eigenvalue weighted by atomic mass is 10.4. The third-order valence-corrected chi connectivity index (χ3v) is 2.64. The molecule has 0 aliphatic rings. The van der Waals surface area contributed by atoms with Crippen LogP contribution in [0.5, 0.6) is 0 Å². The Morgan fingerprint density at radius 1 is 1.53 bits per heavy atom. The largest absolute Gasteiger partial charge is 0.344 e. The first-order valence-corrected chi connectivity index (χ1v) is 6.12. The molecule has 96 valence electrons. The first kappa shape index (κ1) is 13.7. The van der Waals surface area contributed by atoms with Gasteiger partial charge in [0, 0.05) is 26.3 Å². The summed E-state index contributed by atoms with van der Waals surface area (Å²) in [6.07, 6.45) is 4.74. The Balaban J connectivity index is 2.42. The van der Waals surface area contributed by atoms with E-state index in [4.69, 9.17) is 0 Å². The third-order valence-electron chi connectivity index (χ3n) is 2.64. The van der Waals surface area contributed by atoms with Gasteiger partial charge < -0.3 is 14.8 Å². The minimum absolute atomic E-state index is 0.109. The molecule has 1 aromatic heterocycles. The van der Waals surface area contributed by atoms with E-state index in [9.17, 15) is 4.79 Å². The number of nitrogens with zero attached hydrogens (tertiary/aromatic N) is 3. The van der Waals surface area contributed by atoms with Crippen molar-refractivity contribution in [1.82, 2.24) is 19.8 Å². The second-order valence-corrected chi connectivity index (χ2v) is 4.12. The van der Waals surface area contributed by atoms with Gasteiger partial charge in [-0.1, -0.05) is 6.92 Å². The highest BCUT2D eigenvalue weighted by atomic mass is 16.2. The molecule has 0 atom stereocenters. The Morgan fingerprint density at radius 2 is 2.29 bits per heavy atom. The van der Waals surface area contributed by atoms with Gasteiger partial charge in [0.25, 0.3) is 0 Å². The van der Waals surface area contributed by atoms with Crippen LogP contribution in [0.3, 0.4) is 0 Å². The van der Waals surface area contributed by atoms with Gasteiger partial charge in [-0.3, -0.25) is 4.79 Å². The molecule has 1 amide bonds. The first-order chi connectivity index (χ1) is 8.17. The maximum atomic E-state index is 11.7. The fraction of sp³-hybridized carbons (Fsp3) is 0.667. The van der Waals surface area contributed by atoms with Crippen LogP contribution in [-0.4, -0.2) is 40.5 Å². The van der Waals surface area contributed by atoms with Crippen molar-refractivity contribution in [1.29, 1.82) is 0 Å². The van der Waals surface area contributed by atoms with E-state index in [1.165, 1.54) is 0 Å². The number of hydrogen-bond donors (Lipinski definition) is 1. The number of hydrogen-bond acceptors (Lipinski definition) is 3. The Bertz CT molecular complexity index is 348. The quantitative estimate of drug-likeness (QED) is 0.717. The van der Waals surface area contributed by atoms with Crippen molar-refractivity contribution in [3.8, 4) is 0 Å². The van der Waals surface area contributed by atoms with E-state index in [0.29, 0.717) is 6.54 Å². The number of carbonyl (C=O) groups excluding carboxylic acids is 1. The van der Waals surface area contributed by atoms with Crippen molar-refractivity contribution >= 4 is 5.91 Å². The summed E-state index contributed by atoms with van der Waals surface area (Å²) < 4.78 is 1.83. The summed E-state index contributed by atoms with van der Waals surface area (Å²) in [6, 6.07) is 0. The minimum atomic E-state index is 0.109. The van der Waals surface area contributed by atoms with Crippen LogP contribution in [0.2, 0.25) is 0 Å². The first-order valence-electron chi connectivity index (χ1n) is 6.12. The molecule has 0 saturated carbocycles. The lowest BCUT2D eigenvalue weighted by Crippen LogP contribution is -2.29. The fourth-order valence-electron chi connectivity index (χ4n) is 1.43. The van der Waals surface area contributed by atoms with Gasteiger partial charge in [-0.25, -0.2) is 4.98 Å². The fourth-order valence-corrected chi connectivity index (χ4v) is 1.43. The van der Waals surface area contributed by atoms with Gasteiger partial charge in [-0.15, -0.1) is 0 Å². The summed E-state index contributed by atoms with van der Waals surface area (Å²) in [5.74, 6) is 0.109. The summed E-state index contributed by atoms with van der Waals surface area (Å²) in [5, 5.41) is 3.28. The molecule has 1 N–H and O–H groups in total. The number of nitrogens with one attached hydrogen (secondary N) is 1. The highest BCUT2D eigenvalue weighted by molar-refractivity contribution is 5.75. The highest BCUT2D eigenvalue weighted by Gasteiger charge is 2.07. The molecule has 0 radical (unpaired) electrons. The molecule has 1 rings (SSSR count). The number of rotatable bonds is 7. The summed E-state index contributed by atoms with van der Waals surface area (Å²) >= 11 is 0. The maximum absolute atomic E-state index is 11.7. The van der Waals surface area contributed by atoms with Gasteiger partial charge in [0.1, 0.15) is 6.54 Å². The van der Waals surface area contributed by atoms with Gasteiger partial charge in [-0.05, 0) is 19.9 Å². The molecule has 0 aliphatic heterocycles. The number of carbonyl (C=O) groups is 1. The van der Waals surface area contributed by atoms with Crippen LogP contribution in [0.15, 0.2) is 12.5 Å².